The number of rotatable bonds is 3. The summed E-state index contributed by atoms with van der Waals surface area (Å²) in [6.07, 6.45) is -0.518. The van der Waals surface area contributed by atoms with Crippen LogP contribution in [0.1, 0.15) is 36.8 Å². The van der Waals surface area contributed by atoms with Crippen LogP contribution in [0.2, 0.25) is 0 Å². The number of aliphatic hydroxyl groups excluding tert-OH is 1. The lowest BCUT2D eigenvalue weighted by molar-refractivity contribution is -0.137. The summed E-state index contributed by atoms with van der Waals surface area (Å²) in [5, 5.41) is 31.6. The van der Waals surface area contributed by atoms with Crippen molar-refractivity contribution in [2.24, 2.45) is 0 Å². The Balaban J connectivity index is 1.68. The number of aromatic hydroxyl groups is 1. The van der Waals surface area contributed by atoms with Crippen LogP contribution >= 0.6 is 0 Å². The predicted octanol–water partition coefficient (Wildman–Crippen LogP) is 2.91. The van der Waals surface area contributed by atoms with Gasteiger partial charge in [-0.3, -0.25) is 0 Å². The fraction of sp³-hybridized carbons (Fsp3) is 0.500. The number of aliphatic hydroxyl groups is 1. The number of hydrogen-bond acceptors (Lipinski definition) is 7. The molecule has 1 aliphatic carbocycles. The van der Waals surface area contributed by atoms with Crippen molar-refractivity contribution in [2.45, 2.75) is 50.4 Å². The predicted molar refractivity (Wildman–Crippen MR) is 93.0 cm³/mol. The van der Waals surface area contributed by atoms with E-state index in [2.05, 4.69) is 20.5 Å². The van der Waals surface area contributed by atoms with E-state index in [9.17, 15) is 23.4 Å². The van der Waals surface area contributed by atoms with Crippen molar-refractivity contribution in [1.29, 1.82) is 0 Å². The second kappa shape index (κ2) is 7.08. The number of fused-ring (bicyclic) bond motifs is 1. The van der Waals surface area contributed by atoms with Gasteiger partial charge in [-0.1, -0.05) is 12.8 Å². The van der Waals surface area contributed by atoms with E-state index in [1.807, 2.05) is 0 Å². The van der Waals surface area contributed by atoms with E-state index in [1.54, 1.807) is 0 Å². The molecule has 0 spiro atoms. The Hall–Kier alpha value is -2.62. The van der Waals surface area contributed by atoms with Crippen molar-refractivity contribution < 1.29 is 28.1 Å². The van der Waals surface area contributed by atoms with E-state index in [-0.39, 0.29) is 17.4 Å². The molecular weight excluding hydrogens is 377 g/mol. The molecule has 7 nitrogen and oxygen atoms in total. The summed E-state index contributed by atoms with van der Waals surface area (Å²) in [7, 11) is 0. The Kier molecular flexibility index (Phi) is 4.74. The first-order chi connectivity index (χ1) is 13.3. The maximum absolute atomic E-state index is 12.8. The number of nitrogens with one attached hydrogen (secondary N) is 1. The maximum atomic E-state index is 12.8. The number of ether oxygens (including phenoxy) is 1. The molecule has 0 radical (unpaired) electrons. The number of hydrogen-bond donors (Lipinski definition) is 3. The summed E-state index contributed by atoms with van der Waals surface area (Å²) >= 11 is 0. The minimum Gasteiger partial charge on any atom is -0.506 e. The van der Waals surface area contributed by atoms with Crippen LogP contribution in [-0.4, -0.2) is 44.1 Å². The van der Waals surface area contributed by atoms with Crippen molar-refractivity contribution >= 4 is 5.82 Å². The molecule has 2 atom stereocenters. The molecule has 28 heavy (non-hydrogen) atoms. The van der Waals surface area contributed by atoms with Crippen molar-refractivity contribution in [1.82, 2.24) is 15.2 Å². The van der Waals surface area contributed by atoms with E-state index in [1.165, 1.54) is 0 Å². The van der Waals surface area contributed by atoms with Crippen molar-refractivity contribution in [2.75, 3.05) is 11.9 Å². The minimum atomic E-state index is -4.60. The van der Waals surface area contributed by atoms with Crippen LogP contribution in [-0.2, 0) is 12.6 Å². The highest BCUT2D eigenvalue weighted by Crippen LogP contribution is 2.41. The average Bonchev–Trinajstić information content (AvgIpc) is 3.13. The maximum Gasteiger partial charge on any atom is 0.418 e. The SMILES string of the molecule is Oc1cc(C(F)(F)F)cnc1-c1nnc(N[C@@H]2CCCC[C@H]2O)c2c1CCO2. The number of halogens is 3. The third-order valence-corrected chi connectivity index (χ3v) is 5.09. The van der Waals surface area contributed by atoms with Crippen molar-refractivity contribution in [3.05, 3.63) is 23.4 Å². The summed E-state index contributed by atoms with van der Waals surface area (Å²) in [5.41, 5.74) is -0.315. The summed E-state index contributed by atoms with van der Waals surface area (Å²) < 4.78 is 44.1. The lowest BCUT2D eigenvalue weighted by Crippen LogP contribution is -2.36. The summed E-state index contributed by atoms with van der Waals surface area (Å²) in [4.78, 5) is 3.76. The molecule has 2 aliphatic rings. The molecule has 0 unspecified atom stereocenters. The van der Waals surface area contributed by atoms with E-state index in [4.69, 9.17) is 4.74 Å². The van der Waals surface area contributed by atoms with Gasteiger partial charge in [0, 0.05) is 18.2 Å². The van der Waals surface area contributed by atoms with Crippen LogP contribution in [0.4, 0.5) is 19.0 Å². The molecule has 3 heterocycles. The average molecular weight is 396 g/mol. The van der Waals surface area contributed by atoms with E-state index < -0.39 is 23.6 Å². The first kappa shape index (κ1) is 18.7. The van der Waals surface area contributed by atoms with Gasteiger partial charge in [-0.05, 0) is 18.9 Å². The standard InChI is InChI=1S/C18H19F3N4O3/c19-18(20,21)9-7-13(27)15(22-8-9)14-10-5-6-28-16(10)17(25-24-14)23-11-3-1-2-4-12(11)26/h7-8,11-12,26-27H,1-6H2,(H,23,25)/t11-,12-/m1/s1. The number of aromatic nitrogens is 3. The summed E-state index contributed by atoms with van der Waals surface area (Å²) in [5.74, 6) is 0.194. The van der Waals surface area contributed by atoms with Crippen LogP contribution in [0.3, 0.4) is 0 Å². The molecule has 0 bridgehead atoms. The molecule has 2 aromatic heterocycles. The normalized spacial score (nSPS) is 21.9. The topological polar surface area (TPSA) is 100 Å². The van der Waals surface area contributed by atoms with E-state index in [0.717, 1.165) is 19.3 Å². The van der Waals surface area contributed by atoms with Crippen LogP contribution in [0.5, 0.6) is 11.5 Å². The fourth-order valence-electron chi connectivity index (χ4n) is 3.63. The summed E-state index contributed by atoms with van der Waals surface area (Å²) in [6.45, 7) is 0.360. The minimum absolute atomic E-state index is 0.0773. The molecule has 0 aromatic carbocycles. The summed E-state index contributed by atoms with van der Waals surface area (Å²) in [6, 6.07) is 0.455. The van der Waals surface area contributed by atoms with Gasteiger partial charge in [-0.25, -0.2) is 4.98 Å². The van der Waals surface area contributed by atoms with Crippen LogP contribution < -0.4 is 10.1 Å². The van der Waals surface area contributed by atoms with Crippen LogP contribution in [0, 0.1) is 0 Å². The number of pyridine rings is 1. The Morgan fingerprint density at radius 2 is 1.93 bits per heavy atom. The molecule has 0 amide bonds. The van der Waals surface area contributed by atoms with Gasteiger partial charge in [-0.2, -0.15) is 13.2 Å². The van der Waals surface area contributed by atoms with Gasteiger partial charge in [0.1, 0.15) is 17.1 Å². The molecule has 1 fully saturated rings. The lowest BCUT2D eigenvalue weighted by atomic mass is 9.92. The van der Waals surface area contributed by atoms with Gasteiger partial charge in [0.2, 0.25) is 0 Å². The number of nitrogens with zero attached hydrogens (tertiary/aromatic N) is 3. The third kappa shape index (κ3) is 3.44. The van der Waals surface area contributed by atoms with Crippen LogP contribution in [0.25, 0.3) is 11.4 Å². The molecule has 1 aliphatic heterocycles. The molecule has 150 valence electrons. The molecule has 0 saturated heterocycles. The quantitative estimate of drug-likeness (QED) is 0.733. The van der Waals surface area contributed by atoms with Gasteiger partial charge >= 0.3 is 6.18 Å². The van der Waals surface area contributed by atoms with Crippen molar-refractivity contribution in [3.8, 4) is 22.9 Å². The Morgan fingerprint density at radius 1 is 1.14 bits per heavy atom. The molecule has 3 N–H and O–H groups in total. The Bertz CT molecular complexity index is 891. The molecule has 2 aromatic rings. The lowest BCUT2D eigenvalue weighted by Gasteiger charge is -2.29. The Morgan fingerprint density at radius 3 is 2.64 bits per heavy atom. The molecule has 1 saturated carbocycles. The highest BCUT2D eigenvalue weighted by Gasteiger charge is 2.33. The van der Waals surface area contributed by atoms with Gasteiger partial charge < -0.3 is 20.3 Å². The molecular formula is C18H19F3N4O3. The molecule has 10 heteroatoms. The van der Waals surface area contributed by atoms with Gasteiger partial charge in [0.05, 0.1) is 24.3 Å². The monoisotopic (exact) mass is 396 g/mol. The van der Waals surface area contributed by atoms with E-state index >= 15 is 0 Å². The van der Waals surface area contributed by atoms with Gasteiger partial charge in [0.25, 0.3) is 0 Å². The Labute approximate surface area is 158 Å². The molecule has 4 rings (SSSR count). The number of alkyl halides is 3. The zero-order valence-electron chi connectivity index (χ0n) is 14.8. The van der Waals surface area contributed by atoms with Gasteiger partial charge in [-0.15, -0.1) is 10.2 Å². The second-order valence-corrected chi connectivity index (χ2v) is 7.00. The van der Waals surface area contributed by atoms with E-state index in [0.29, 0.717) is 48.8 Å². The second-order valence-electron chi connectivity index (χ2n) is 7.00. The zero-order chi connectivity index (χ0) is 19.9. The number of anilines is 1. The fourth-order valence-corrected chi connectivity index (χ4v) is 3.63. The third-order valence-electron chi connectivity index (χ3n) is 5.09. The smallest absolute Gasteiger partial charge is 0.418 e. The highest BCUT2D eigenvalue weighted by molar-refractivity contribution is 5.72. The van der Waals surface area contributed by atoms with Crippen LogP contribution in [0.15, 0.2) is 12.3 Å². The van der Waals surface area contributed by atoms with Gasteiger partial charge in [0.15, 0.2) is 11.6 Å². The highest BCUT2D eigenvalue weighted by atomic mass is 19.4. The largest absolute Gasteiger partial charge is 0.506 e. The first-order valence-corrected chi connectivity index (χ1v) is 9.08. The van der Waals surface area contributed by atoms with Crippen molar-refractivity contribution in [3.63, 3.8) is 0 Å². The zero-order valence-corrected chi connectivity index (χ0v) is 14.8. The first-order valence-electron chi connectivity index (χ1n) is 9.08.